The van der Waals surface area contributed by atoms with E-state index in [0.29, 0.717) is 11.1 Å². The van der Waals surface area contributed by atoms with Gasteiger partial charge in [-0.1, -0.05) is 12.1 Å². The molecule has 0 spiro atoms. The monoisotopic (exact) mass is 312 g/mol. The fraction of sp³-hybridized carbons (Fsp3) is 0. The molecule has 2 aromatic rings. The van der Waals surface area contributed by atoms with E-state index in [1.165, 1.54) is 48.5 Å². The standard InChI is InChI=1S/C16H9FN2O4/c17-12-3-1-2-10(8-12)9-14-16(20)23-15(18-14)11-4-6-13(7-5-11)19(21)22/h1-9H/b14-9+. The summed E-state index contributed by atoms with van der Waals surface area (Å²) in [6.45, 7) is 0. The van der Waals surface area contributed by atoms with Crippen LogP contribution in [0, 0.1) is 15.9 Å². The molecule has 0 fully saturated rings. The molecule has 23 heavy (non-hydrogen) atoms. The lowest BCUT2D eigenvalue weighted by Crippen LogP contribution is -2.05. The normalized spacial score (nSPS) is 15.4. The third kappa shape index (κ3) is 3.13. The molecule has 3 rings (SSSR count). The summed E-state index contributed by atoms with van der Waals surface area (Å²) < 4.78 is 18.2. The Morgan fingerprint density at radius 1 is 1.17 bits per heavy atom. The van der Waals surface area contributed by atoms with E-state index >= 15 is 0 Å². The van der Waals surface area contributed by atoms with Gasteiger partial charge in [0.05, 0.1) is 4.92 Å². The first-order valence-corrected chi connectivity index (χ1v) is 6.56. The highest BCUT2D eigenvalue weighted by Gasteiger charge is 2.24. The van der Waals surface area contributed by atoms with Crippen LogP contribution in [-0.4, -0.2) is 16.8 Å². The number of nitrogens with zero attached hydrogens (tertiary/aromatic N) is 2. The number of halogens is 1. The minimum absolute atomic E-state index is 0.0314. The number of esters is 1. The molecular formula is C16H9FN2O4. The SMILES string of the molecule is O=C1OC(c2ccc([N+](=O)[O-])cc2)=N/C1=C/c1cccc(F)c1. The third-order valence-corrected chi connectivity index (χ3v) is 3.10. The molecule has 0 saturated carbocycles. The van der Waals surface area contributed by atoms with Gasteiger partial charge in [-0.25, -0.2) is 14.2 Å². The maximum Gasteiger partial charge on any atom is 0.363 e. The highest BCUT2D eigenvalue weighted by molar-refractivity contribution is 6.12. The summed E-state index contributed by atoms with van der Waals surface area (Å²) in [5.74, 6) is -1.04. The molecule has 0 radical (unpaired) electrons. The molecule has 0 saturated heterocycles. The summed E-state index contributed by atoms with van der Waals surface area (Å²) in [6.07, 6.45) is 1.41. The lowest BCUT2D eigenvalue weighted by atomic mass is 10.2. The molecule has 6 nitrogen and oxygen atoms in total. The van der Waals surface area contributed by atoms with Gasteiger partial charge in [-0.3, -0.25) is 10.1 Å². The van der Waals surface area contributed by atoms with E-state index in [2.05, 4.69) is 4.99 Å². The van der Waals surface area contributed by atoms with E-state index in [9.17, 15) is 19.3 Å². The number of ether oxygens (including phenoxy) is 1. The number of carbonyl (C=O) groups is 1. The van der Waals surface area contributed by atoms with Crippen molar-refractivity contribution in [3.05, 3.63) is 81.3 Å². The molecule has 0 bridgehead atoms. The van der Waals surface area contributed by atoms with E-state index in [1.54, 1.807) is 6.07 Å². The highest BCUT2D eigenvalue weighted by atomic mass is 19.1. The maximum absolute atomic E-state index is 13.1. The molecule has 114 valence electrons. The Morgan fingerprint density at radius 3 is 2.57 bits per heavy atom. The van der Waals surface area contributed by atoms with Crippen molar-refractivity contribution in [2.24, 2.45) is 4.99 Å². The average Bonchev–Trinajstić information content (AvgIpc) is 2.88. The van der Waals surface area contributed by atoms with E-state index in [4.69, 9.17) is 4.74 Å². The van der Waals surface area contributed by atoms with Crippen LogP contribution in [-0.2, 0) is 9.53 Å². The van der Waals surface area contributed by atoms with E-state index in [-0.39, 0.29) is 17.3 Å². The zero-order valence-electron chi connectivity index (χ0n) is 11.6. The van der Waals surface area contributed by atoms with Crippen LogP contribution in [0.3, 0.4) is 0 Å². The number of benzene rings is 2. The molecule has 0 aromatic heterocycles. The number of nitro groups is 1. The van der Waals surface area contributed by atoms with Gasteiger partial charge >= 0.3 is 5.97 Å². The average molecular weight is 312 g/mol. The molecule has 0 atom stereocenters. The second-order valence-electron chi connectivity index (χ2n) is 4.70. The number of non-ortho nitro benzene ring substituents is 1. The van der Waals surface area contributed by atoms with Gasteiger partial charge in [0.25, 0.3) is 5.69 Å². The number of cyclic esters (lactones) is 1. The Labute approximate surface area is 129 Å². The Hall–Kier alpha value is -3.35. The Kier molecular flexibility index (Phi) is 3.68. The maximum atomic E-state index is 13.1. The minimum Gasteiger partial charge on any atom is -0.402 e. The second-order valence-corrected chi connectivity index (χ2v) is 4.70. The fourth-order valence-corrected chi connectivity index (χ4v) is 2.01. The van der Waals surface area contributed by atoms with Crippen molar-refractivity contribution < 1.29 is 18.8 Å². The van der Waals surface area contributed by atoms with Crippen molar-refractivity contribution in [2.75, 3.05) is 0 Å². The van der Waals surface area contributed by atoms with E-state index in [1.807, 2.05) is 0 Å². The minimum atomic E-state index is -0.664. The number of hydrogen-bond acceptors (Lipinski definition) is 5. The second kappa shape index (κ2) is 5.80. The van der Waals surface area contributed by atoms with Crippen LogP contribution in [0.5, 0.6) is 0 Å². The van der Waals surface area contributed by atoms with Gasteiger partial charge in [-0.05, 0) is 35.9 Å². The summed E-state index contributed by atoms with van der Waals surface area (Å²) in [5.41, 5.74) is 0.871. The Bertz CT molecular complexity index is 857. The number of aliphatic imine (C=N–C) groups is 1. The van der Waals surface area contributed by atoms with Crippen LogP contribution < -0.4 is 0 Å². The summed E-state index contributed by atoms with van der Waals surface area (Å²) in [6, 6.07) is 11.2. The molecule has 0 unspecified atom stereocenters. The molecule has 2 aromatic carbocycles. The van der Waals surface area contributed by atoms with Gasteiger partial charge < -0.3 is 4.74 Å². The van der Waals surface area contributed by atoms with Crippen LogP contribution in [0.4, 0.5) is 10.1 Å². The van der Waals surface area contributed by atoms with Crippen LogP contribution >= 0.6 is 0 Å². The molecule has 0 aliphatic carbocycles. The number of hydrogen-bond donors (Lipinski definition) is 0. The van der Waals surface area contributed by atoms with Crippen molar-refractivity contribution >= 4 is 23.6 Å². The Morgan fingerprint density at radius 2 is 1.91 bits per heavy atom. The van der Waals surface area contributed by atoms with Crippen molar-refractivity contribution in [1.29, 1.82) is 0 Å². The summed E-state index contributed by atoms with van der Waals surface area (Å²) in [7, 11) is 0. The first-order chi connectivity index (χ1) is 11.0. The third-order valence-electron chi connectivity index (χ3n) is 3.10. The van der Waals surface area contributed by atoms with Crippen molar-refractivity contribution in [3.63, 3.8) is 0 Å². The van der Waals surface area contributed by atoms with Gasteiger partial charge in [-0.15, -0.1) is 0 Å². The zero-order valence-corrected chi connectivity index (χ0v) is 11.6. The smallest absolute Gasteiger partial charge is 0.363 e. The Balaban J connectivity index is 1.90. The van der Waals surface area contributed by atoms with Crippen LogP contribution in [0.15, 0.2) is 59.2 Å². The number of carbonyl (C=O) groups excluding carboxylic acids is 1. The predicted octanol–water partition coefficient (Wildman–Crippen LogP) is 3.08. The van der Waals surface area contributed by atoms with Crippen LogP contribution in [0.25, 0.3) is 6.08 Å². The van der Waals surface area contributed by atoms with Crippen molar-refractivity contribution in [2.45, 2.75) is 0 Å². The number of nitro benzene ring substituents is 1. The molecule has 0 N–H and O–H groups in total. The highest BCUT2D eigenvalue weighted by Crippen LogP contribution is 2.21. The van der Waals surface area contributed by atoms with Crippen LogP contribution in [0.1, 0.15) is 11.1 Å². The van der Waals surface area contributed by atoms with E-state index < -0.39 is 16.7 Å². The zero-order chi connectivity index (χ0) is 16.4. The molecule has 1 aliphatic rings. The number of rotatable bonds is 3. The van der Waals surface area contributed by atoms with Crippen LogP contribution in [0.2, 0.25) is 0 Å². The first kappa shape index (κ1) is 14.6. The van der Waals surface area contributed by atoms with Gasteiger partial charge in [0.1, 0.15) is 5.82 Å². The van der Waals surface area contributed by atoms with E-state index in [0.717, 1.165) is 0 Å². The van der Waals surface area contributed by atoms with Gasteiger partial charge in [-0.2, -0.15) is 0 Å². The first-order valence-electron chi connectivity index (χ1n) is 6.56. The molecule has 1 aliphatic heterocycles. The molecule has 1 heterocycles. The lowest BCUT2D eigenvalue weighted by molar-refractivity contribution is -0.384. The topological polar surface area (TPSA) is 81.8 Å². The summed E-state index contributed by atoms with van der Waals surface area (Å²) in [5, 5.41) is 10.6. The fourth-order valence-electron chi connectivity index (χ4n) is 2.01. The van der Waals surface area contributed by atoms with Crippen molar-refractivity contribution in [3.8, 4) is 0 Å². The quantitative estimate of drug-likeness (QED) is 0.377. The molecule has 0 amide bonds. The predicted molar refractivity (Wildman–Crippen MR) is 80.1 cm³/mol. The molecule has 7 heteroatoms. The van der Waals surface area contributed by atoms with Gasteiger partial charge in [0.15, 0.2) is 5.70 Å². The summed E-state index contributed by atoms with van der Waals surface area (Å²) >= 11 is 0. The van der Waals surface area contributed by atoms with Crippen molar-refractivity contribution in [1.82, 2.24) is 0 Å². The van der Waals surface area contributed by atoms with Gasteiger partial charge in [0, 0.05) is 17.7 Å². The lowest BCUT2D eigenvalue weighted by Gasteiger charge is -1.98. The van der Waals surface area contributed by atoms with Gasteiger partial charge in [0.2, 0.25) is 5.90 Å². The largest absolute Gasteiger partial charge is 0.402 e. The molecular weight excluding hydrogens is 303 g/mol. The summed E-state index contributed by atoms with van der Waals surface area (Å²) in [4.78, 5) is 26.0.